The van der Waals surface area contributed by atoms with Crippen LogP contribution in [0.15, 0.2) is 109 Å². The van der Waals surface area contributed by atoms with E-state index >= 15 is 0 Å². The number of benzene rings is 4. The van der Waals surface area contributed by atoms with Gasteiger partial charge in [0.25, 0.3) is 0 Å². The van der Waals surface area contributed by atoms with Gasteiger partial charge in [0.2, 0.25) is 5.91 Å². The molecule has 0 radical (unpaired) electrons. The van der Waals surface area contributed by atoms with E-state index in [1.807, 2.05) is 114 Å². The van der Waals surface area contributed by atoms with Crippen LogP contribution in [0, 0.1) is 0 Å². The number of nitrogens with one attached hydrogen (secondary N) is 2. The molecule has 6 aromatic rings. The Kier molecular flexibility index (Phi) is 5.97. The number of anilines is 1. The number of amides is 1. The summed E-state index contributed by atoms with van der Waals surface area (Å²) < 4.78 is 8.03. The maximum atomic E-state index is 12.7. The number of fused-ring (bicyclic) bond motifs is 2. The van der Waals surface area contributed by atoms with E-state index in [2.05, 4.69) is 27.6 Å². The Bertz CT molecular complexity index is 1730. The molecule has 0 fully saturated rings. The molecule has 2 aromatic heterocycles. The zero-order chi connectivity index (χ0) is 25.0. The Hall–Kier alpha value is -5.10. The number of nitrogens with zero attached hydrogens (tertiary/aromatic N) is 2. The van der Waals surface area contributed by atoms with Crippen LogP contribution in [0.25, 0.3) is 34.0 Å². The van der Waals surface area contributed by atoms with Gasteiger partial charge in [0, 0.05) is 34.9 Å². The Morgan fingerprint density at radius 2 is 1.70 bits per heavy atom. The first-order valence-electron chi connectivity index (χ1n) is 12.0. The minimum atomic E-state index is -0.103. The predicted octanol–water partition coefficient (Wildman–Crippen LogP) is 7.12. The number of carbonyl (C=O) groups excluding carboxylic acids is 1. The van der Waals surface area contributed by atoms with Crippen molar-refractivity contribution in [3.8, 4) is 11.5 Å². The maximum Gasteiger partial charge on any atom is 0.244 e. The minimum absolute atomic E-state index is 0.103. The fourth-order valence-corrected chi connectivity index (χ4v) is 4.36. The summed E-state index contributed by atoms with van der Waals surface area (Å²) >= 11 is 0. The highest BCUT2D eigenvalue weighted by atomic mass is 16.5. The quantitative estimate of drug-likeness (QED) is 0.253. The molecule has 6 heteroatoms. The van der Waals surface area contributed by atoms with E-state index in [9.17, 15) is 4.79 Å². The molecule has 6 nitrogen and oxygen atoms in total. The van der Waals surface area contributed by atoms with Crippen molar-refractivity contribution in [2.75, 3.05) is 5.32 Å². The summed E-state index contributed by atoms with van der Waals surface area (Å²) in [5, 5.41) is 12.6. The number of hydrogen-bond donors (Lipinski definition) is 2. The second kappa shape index (κ2) is 9.87. The highest BCUT2D eigenvalue weighted by molar-refractivity contribution is 5.92. The van der Waals surface area contributed by atoms with E-state index in [4.69, 9.17) is 4.74 Å². The van der Waals surface area contributed by atoms with Crippen LogP contribution in [-0.4, -0.2) is 20.7 Å². The van der Waals surface area contributed by atoms with E-state index in [1.54, 1.807) is 0 Å². The lowest BCUT2D eigenvalue weighted by Gasteiger charge is -2.10. The lowest BCUT2D eigenvalue weighted by Crippen LogP contribution is -2.18. The smallest absolute Gasteiger partial charge is 0.244 e. The van der Waals surface area contributed by atoms with Crippen molar-refractivity contribution in [1.29, 1.82) is 0 Å². The molecule has 2 N–H and O–H groups in total. The summed E-state index contributed by atoms with van der Waals surface area (Å²) in [6.07, 6.45) is 5.97. The summed E-state index contributed by atoms with van der Waals surface area (Å²) in [6.45, 7) is 0.232. The Morgan fingerprint density at radius 3 is 2.62 bits per heavy atom. The molecule has 0 aliphatic rings. The zero-order valence-corrected chi connectivity index (χ0v) is 20.0. The van der Waals surface area contributed by atoms with E-state index < -0.39 is 0 Å². The van der Waals surface area contributed by atoms with E-state index in [-0.39, 0.29) is 12.5 Å². The Labute approximate surface area is 213 Å². The molecule has 0 saturated carbocycles. The van der Waals surface area contributed by atoms with Gasteiger partial charge in [-0.1, -0.05) is 60.7 Å². The van der Waals surface area contributed by atoms with Crippen molar-refractivity contribution < 1.29 is 9.53 Å². The van der Waals surface area contributed by atoms with Crippen LogP contribution in [0.4, 0.5) is 5.69 Å². The standard InChI is InChI=1S/C31H24N4O2/c36-31(21-35-18-17-23-9-4-5-12-30(23)35)32-24-10-6-11-25(19-24)37-26-14-15-27-28(33-34-29(27)20-26)16-13-22-7-2-1-3-8-22/h1-20H,21H2,(H,32,36)(H,33,34)/b16-13+. The van der Waals surface area contributed by atoms with Crippen molar-refractivity contribution in [3.05, 3.63) is 121 Å². The van der Waals surface area contributed by atoms with E-state index in [0.29, 0.717) is 17.2 Å². The molecule has 180 valence electrons. The number of aromatic nitrogens is 3. The fraction of sp³-hybridized carbons (Fsp3) is 0.0323. The summed E-state index contributed by atoms with van der Waals surface area (Å²) in [6, 6.07) is 33.4. The minimum Gasteiger partial charge on any atom is -0.457 e. The number of aromatic amines is 1. The lowest BCUT2D eigenvalue weighted by molar-refractivity contribution is -0.116. The number of para-hydroxylation sites is 1. The Morgan fingerprint density at radius 1 is 0.865 bits per heavy atom. The third kappa shape index (κ3) is 4.99. The van der Waals surface area contributed by atoms with Gasteiger partial charge in [-0.15, -0.1) is 0 Å². The normalized spacial score (nSPS) is 11.4. The average Bonchev–Trinajstić information content (AvgIpc) is 3.52. The first-order valence-corrected chi connectivity index (χ1v) is 12.0. The van der Waals surface area contributed by atoms with Gasteiger partial charge in [0.05, 0.1) is 11.2 Å². The van der Waals surface area contributed by atoms with Gasteiger partial charge < -0.3 is 14.6 Å². The molecule has 0 atom stereocenters. The monoisotopic (exact) mass is 484 g/mol. The highest BCUT2D eigenvalue weighted by Crippen LogP contribution is 2.28. The van der Waals surface area contributed by atoms with Crippen molar-refractivity contribution in [3.63, 3.8) is 0 Å². The molecule has 37 heavy (non-hydrogen) atoms. The third-order valence-electron chi connectivity index (χ3n) is 6.14. The van der Waals surface area contributed by atoms with Gasteiger partial charge in [-0.3, -0.25) is 9.89 Å². The second-order valence-electron chi connectivity index (χ2n) is 8.74. The summed E-state index contributed by atoms with van der Waals surface area (Å²) in [5.74, 6) is 1.21. The van der Waals surface area contributed by atoms with E-state index in [0.717, 1.165) is 33.1 Å². The molecule has 1 amide bonds. The molecule has 0 aliphatic carbocycles. The van der Waals surface area contributed by atoms with Crippen LogP contribution in [0.3, 0.4) is 0 Å². The molecule has 0 aliphatic heterocycles. The zero-order valence-electron chi connectivity index (χ0n) is 20.0. The summed E-state index contributed by atoms with van der Waals surface area (Å²) in [7, 11) is 0. The maximum absolute atomic E-state index is 12.7. The van der Waals surface area contributed by atoms with Crippen molar-refractivity contribution >= 4 is 45.6 Å². The average molecular weight is 485 g/mol. The predicted molar refractivity (Wildman–Crippen MR) is 149 cm³/mol. The van der Waals surface area contributed by atoms with Crippen LogP contribution >= 0.6 is 0 Å². The van der Waals surface area contributed by atoms with E-state index in [1.165, 1.54) is 0 Å². The van der Waals surface area contributed by atoms with Gasteiger partial charge in [0.15, 0.2) is 0 Å². The number of hydrogen-bond acceptors (Lipinski definition) is 3. The van der Waals surface area contributed by atoms with Gasteiger partial charge in [0.1, 0.15) is 18.0 Å². The number of ether oxygens (including phenoxy) is 1. The van der Waals surface area contributed by atoms with Gasteiger partial charge in [-0.25, -0.2) is 0 Å². The summed E-state index contributed by atoms with van der Waals surface area (Å²) in [5.41, 5.74) is 4.57. The number of rotatable bonds is 7. The van der Waals surface area contributed by atoms with Crippen LogP contribution in [-0.2, 0) is 11.3 Å². The lowest BCUT2D eigenvalue weighted by atomic mass is 10.1. The van der Waals surface area contributed by atoms with Crippen LogP contribution < -0.4 is 10.1 Å². The fourth-order valence-electron chi connectivity index (χ4n) is 4.36. The topological polar surface area (TPSA) is 71.9 Å². The SMILES string of the molecule is O=C(Cn1ccc2ccccc21)Nc1cccc(Oc2ccc3c(/C=C/c4ccccc4)n[nH]c3c2)c1. The van der Waals surface area contributed by atoms with Gasteiger partial charge in [-0.05, 0) is 53.4 Å². The van der Waals surface area contributed by atoms with Crippen molar-refractivity contribution in [2.45, 2.75) is 6.54 Å². The molecule has 0 saturated heterocycles. The number of H-pyrrole nitrogens is 1. The molecule has 0 bridgehead atoms. The third-order valence-corrected chi connectivity index (χ3v) is 6.14. The van der Waals surface area contributed by atoms with Gasteiger partial charge >= 0.3 is 0 Å². The molecule has 0 unspecified atom stereocenters. The van der Waals surface area contributed by atoms with Crippen LogP contribution in [0.2, 0.25) is 0 Å². The van der Waals surface area contributed by atoms with Crippen LogP contribution in [0.5, 0.6) is 11.5 Å². The van der Waals surface area contributed by atoms with Gasteiger partial charge in [-0.2, -0.15) is 5.10 Å². The first-order chi connectivity index (χ1) is 18.2. The van der Waals surface area contributed by atoms with Crippen molar-refractivity contribution in [1.82, 2.24) is 14.8 Å². The molecule has 4 aromatic carbocycles. The molecule has 6 rings (SSSR count). The highest BCUT2D eigenvalue weighted by Gasteiger charge is 2.09. The molecule has 0 spiro atoms. The van der Waals surface area contributed by atoms with Crippen LogP contribution in [0.1, 0.15) is 11.3 Å². The summed E-state index contributed by atoms with van der Waals surface area (Å²) in [4.78, 5) is 12.7. The largest absolute Gasteiger partial charge is 0.457 e. The Balaban J connectivity index is 1.14. The number of carbonyl (C=O) groups is 1. The van der Waals surface area contributed by atoms with Crippen molar-refractivity contribution in [2.24, 2.45) is 0 Å². The first kappa shape index (κ1) is 22.4. The molecular formula is C31H24N4O2. The molecule has 2 heterocycles. The second-order valence-corrected chi connectivity index (χ2v) is 8.74. The molecular weight excluding hydrogens is 460 g/mol.